The number of ether oxygens (including phenoxy) is 1. The zero-order valence-electron chi connectivity index (χ0n) is 12.5. The molecule has 6 nitrogen and oxygen atoms in total. The van der Waals surface area contributed by atoms with Gasteiger partial charge in [0.25, 0.3) is 0 Å². The van der Waals surface area contributed by atoms with E-state index in [1.165, 1.54) is 0 Å². The summed E-state index contributed by atoms with van der Waals surface area (Å²) in [5.41, 5.74) is 0.972. The number of nitrogens with zero attached hydrogens (tertiary/aromatic N) is 2. The number of carbonyl (C=O) groups is 2. The third-order valence-corrected chi connectivity index (χ3v) is 4.21. The number of nitrogens with one attached hydrogen (secondary N) is 1. The Balaban J connectivity index is 1.57. The van der Waals surface area contributed by atoms with E-state index >= 15 is 0 Å². The lowest BCUT2D eigenvalue weighted by atomic mass is 10.0. The first-order chi connectivity index (χ1) is 10.7. The third-order valence-electron chi connectivity index (χ3n) is 4.21. The second kappa shape index (κ2) is 6.87. The number of likely N-dealkylation sites (tertiary alicyclic amines) is 1. The molecule has 2 aliphatic heterocycles. The average Bonchev–Trinajstić information content (AvgIpc) is 2.98. The number of aromatic nitrogens is 1. The van der Waals surface area contributed by atoms with Crippen LogP contribution in [0.15, 0.2) is 24.5 Å². The van der Waals surface area contributed by atoms with Crippen LogP contribution in [0.1, 0.15) is 37.4 Å². The zero-order chi connectivity index (χ0) is 15.4. The first kappa shape index (κ1) is 15.0. The van der Waals surface area contributed by atoms with E-state index < -0.39 is 0 Å². The molecule has 2 atom stereocenters. The van der Waals surface area contributed by atoms with E-state index in [1.807, 2.05) is 12.1 Å². The molecule has 2 amide bonds. The minimum Gasteiger partial charge on any atom is -0.371 e. The Labute approximate surface area is 129 Å². The highest BCUT2D eigenvalue weighted by Gasteiger charge is 2.31. The molecule has 0 saturated carbocycles. The maximum atomic E-state index is 12.2. The predicted octanol–water partition coefficient (Wildman–Crippen LogP) is 1.04. The highest BCUT2D eigenvalue weighted by molar-refractivity contribution is 5.85. The maximum Gasteiger partial charge on any atom is 0.239 e. The van der Waals surface area contributed by atoms with Gasteiger partial charge >= 0.3 is 0 Å². The van der Waals surface area contributed by atoms with Crippen molar-refractivity contribution < 1.29 is 14.3 Å². The first-order valence-corrected chi connectivity index (χ1v) is 7.83. The number of piperidine rings is 1. The van der Waals surface area contributed by atoms with E-state index in [1.54, 1.807) is 17.3 Å². The molecule has 2 fully saturated rings. The van der Waals surface area contributed by atoms with Gasteiger partial charge in [-0.25, -0.2) is 0 Å². The largest absolute Gasteiger partial charge is 0.371 e. The number of carbonyl (C=O) groups excluding carboxylic acids is 2. The van der Waals surface area contributed by atoms with E-state index in [-0.39, 0.29) is 30.5 Å². The fourth-order valence-electron chi connectivity index (χ4n) is 3.06. The van der Waals surface area contributed by atoms with Gasteiger partial charge in [0, 0.05) is 37.5 Å². The van der Waals surface area contributed by atoms with Crippen molar-refractivity contribution in [2.45, 2.75) is 37.8 Å². The Morgan fingerprint density at radius 1 is 1.45 bits per heavy atom. The predicted molar refractivity (Wildman–Crippen MR) is 79.9 cm³/mol. The monoisotopic (exact) mass is 303 g/mol. The van der Waals surface area contributed by atoms with Gasteiger partial charge in [-0.2, -0.15) is 0 Å². The Hall–Kier alpha value is -1.95. The summed E-state index contributed by atoms with van der Waals surface area (Å²) in [5.74, 6) is -0.0347. The molecule has 1 N–H and O–H groups in total. The van der Waals surface area contributed by atoms with Crippen LogP contribution in [0.25, 0.3) is 0 Å². The summed E-state index contributed by atoms with van der Waals surface area (Å²) in [6.45, 7) is 1.45. The summed E-state index contributed by atoms with van der Waals surface area (Å²) in [5, 5.41) is 3.01. The molecule has 0 aliphatic carbocycles. The van der Waals surface area contributed by atoms with Crippen LogP contribution < -0.4 is 5.32 Å². The van der Waals surface area contributed by atoms with Crippen molar-refractivity contribution >= 4 is 11.8 Å². The molecule has 0 unspecified atom stereocenters. The van der Waals surface area contributed by atoms with Crippen molar-refractivity contribution in [2.24, 2.45) is 0 Å². The van der Waals surface area contributed by atoms with Gasteiger partial charge in [-0.1, -0.05) is 6.07 Å². The molecular weight excluding hydrogens is 282 g/mol. The lowest BCUT2D eigenvalue weighted by Crippen LogP contribution is -2.46. The highest BCUT2D eigenvalue weighted by atomic mass is 16.5. The summed E-state index contributed by atoms with van der Waals surface area (Å²) in [6.07, 6.45) is 6.56. The van der Waals surface area contributed by atoms with Crippen LogP contribution in [0.5, 0.6) is 0 Å². The number of amides is 2. The molecule has 2 saturated heterocycles. The number of hydrogen-bond donors (Lipinski definition) is 1. The van der Waals surface area contributed by atoms with Crippen LogP contribution in [-0.2, 0) is 14.3 Å². The van der Waals surface area contributed by atoms with Crippen molar-refractivity contribution in [1.82, 2.24) is 15.2 Å². The van der Waals surface area contributed by atoms with Crippen molar-refractivity contribution in [3.05, 3.63) is 30.1 Å². The molecule has 0 aromatic carbocycles. The molecular formula is C16H21N3O3. The summed E-state index contributed by atoms with van der Waals surface area (Å²) in [4.78, 5) is 29.7. The molecule has 1 aromatic rings. The molecule has 0 bridgehead atoms. The SMILES string of the molecule is O=C(CN1CCCCC1=O)N[C@H]1CCO[C@@H]1c1cccnc1. The van der Waals surface area contributed by atoms with Crippen molar-refractivity contribution in [1.29, 1.82) is 0 Å². The molecule has 0 spiro atoms. The van der Waals surface area contributed by atoms with Crippen molar-refractivity contribution in [3.63, 3.8) is 0 Å². The number of hydrogen-bond acceptors (Lipinski definition) is 4. The molecule has 3 heterocycles. The molecule has 6 heteroatoms. The van der Waals surface area contributed by atoms with Gasteiger partial charge < -0.3 is 15.0 Å². The van der Waals surface area contributed by atoms with Crippen molar-refractivity contribution in [2.75, 3.05) is 19.7 Å². The molecule has 1 aromatic heterocycles. The van der Waals surface area contributed by atoms with Gasteiger partial charge in [-0.05, 0) is 25.3 Å². The molecule has 3 rings (SSSR count). The average molecular weight is 303 g/mol. The molecule has 118 valence electrons. The molecule has 22 heavy (non-hydrogen) atoms. The van der Waals surface area contributed by atoms with E-state index in [9.17, 15) is 9.59 Å². The van der Waals surface area contributed by atoms with E-state index in [0.717, 1.165) is 24.8 Å². The summed E-state index contributed by atoms with van der Waals surface area (Å²) in [6, 6.07) is 3.76. The summed E-state index contributed by atoms with van der Waals surface area (Å²) >= 11 is 0. The van der Waals surface area contributed by atoms with Gasteiger partial charge in [0.05, 0.1) is 12.6 Å². The maximum absolute atomic E-state index is 12.2. The van der Waals surface area contributed by atoms with Crippen LogP contribution in [0.3, 0.4) is 0 Å². The normalized spacial score (nSPS) is 25.3. The quantitative estimate of drug-likeness (QED) is 0.902. The van der Waals surface area contributed by atoms with Gasteiger partial charge in [0.15, 0.2) is 0 Å². The van der Waals surface area contributed by atoms with E-state index in [0.29, 0.717) is 19.6 Å². The molecule has 0 radical (unpaired) electrons. The standard InChI is InChI=1S/C16H21N3O3/c20-14(11-19-8-2-1-5-15(19)21)18-13-6-9-22-16(13)12-4-3-7-17-10-12/h3-4,7,10,13,16H,1-2,5-6,8-9,11H2,(H,18,20)/t13-,16+/m0/s1. The number of rotatable bonds is 4. The Kier molecular flexibility index (Phi) is 4.68. The van der Waals surface area contributed by atoms with Gasteiger partial charge in [-0.15, -0.1) is 0 Å². The van der Waals surface area contributed by atoms with Crippen LogP contribution >= 0.6 is 0 Å². The Morgan fingerprint density at radius 2 is 2.36 bits per heavy atom. The van der Waals surface area contributed by atoms with Gasteiger partial charge in [0.2, 0.25) is 11.8 Å². The lowest BCUT2D eigenvalue weighted by Gasteiger charge is -2.27. The summed E-state index contributed by atoms with van der Waals surface area (Å²) in [7, 11) is 0. The Morgan fingerprint density at radius 3 is 3.14 bits per heavy atom. The van der Waals surface area contributed by atoms with Crippen LogP contribution in [0.2, 0.25) is 0 Å². The molecule has 2 aliphatic rings. The van der Waals surface area contributed by atoms with E-state index in [4.69, 9.17) is 4.74 Å². The van der Waals surface area contributed by atoms with E-state index in [2.05, 4.69) is 10.3 Å². The smallest absolute Gasteiger partial charge is 0.239 e. The van der Waals surface area contributed by atoms with Crippen LogP contribution in [-0.4, -0.2) is 47.4 Å². The second-order valence-electron chi connectivity index (χ2n) is 5.81. The third kappa shape index (κ3) is 3.44. The van der Waals surface area contributed by atoms with Crippen LogP contribution in [0, 0.1) is 0 Å². The van der Waals surface area contributed by atoms with Crippen molar-refractivity contribution in [3.8, 4) is 0 Å². The summed E-state index contributed by atoms with van der Waals surface area (Å²) < 4.78 is 5.73. The Bertz CT molecular complexity index is 535. The number of pyridine rings is 1. The topological polar surface area (TPSA) is 71.5 Å². The fraction of sp³-hybridized carbons (Fsp3) is 0.562. The lowest BCUT2D eigenvalue weighted by molar-refractivity contribution is -0.138. The second-order valence-corrected chi connectivity index (χ2v) is 5.81. The first-order valence-electron chi connectivity index (χ1n) is 7.83. The van der Waals surface area contributed by atoms with Gasteiger partial charge in [-0.3, -0.25) is 14.6 Å². The highest BCUT2D eigenvalue weighted by Crippen LogP contribution is 2.28. The minimum absolute atomic E-state index is 0.0587. The van der Waals surface area contributed by atoms with Crippen LogP contribution in [0.4, 0.5) is 0 Å². The van der Waals surface area contributed by atoms with Gasteiger partial charge in [0.1, 0.15) is 6.10 Å². The zero-order valence-corrected chi connectivity index (χ0v) is 12.5. The fourth-order valence-corrected chi connectivity index (χ4v) is 3.06. The minimum atomic E-state index is -0.158.